The van der Waals surface area contributed by atoms with Gasteiger partial charge in [0.05, 0.1) is 17.7 Å². The average molecular weight is 250 g/mol. The van der Waals surface area contributed by atoms with E-state index in [1.807, 2.05) is 18.2 Å². The van der Waals surface area contributed by atoms with Gasteiger partial charge in [-0.05, 0) is 24.3 Å². The van der Waals surface area contributed by atoms with Crippen LogP contribution in [0, 0.1) is 11.3 Å². The number of anilines is 2. The number of pyridine rings is 1. The fraction of sp³-hybridized carbons (Fsp3) is 0.200. The molecule has 4 heteroatoms. The molecule has 1 saturated heterocycles. The van der Waals surface area contributed by atoms with E-state index in [4.69, 9.17) is 5.26 Å². The molecule has 0 radical (unpaired) electrons. The van der Waals surface area contributed by atoms with Crippen molar-refractivity contribution in [3.63, 3.8) is 0 Å². The van der Waals surface area contributed by atoms with Gasteiger partial charge in [-0.2, -0.15) is 5.26 Å². The largest absolute Gasteiger partial charge is 0.367 e. The van der Waals surface area contributed by atoms with Crippen molar-refractivity contribution >= 4 is 11.5 Å². The molecule has 94 valence electrons. The fourth-order valence-electron chi connectivity index (χ4n) is 2.21. The third kappa shape index (κ3) is 2.50. The fourth-order valence-corrected chi connectivity index (χ4v) is 2.21. The maximum atomic E-state index is 8.84. The third-order valence-electron chi connectivity index (χ3n) is 3.24. The van der Waals surface area contributed by atoms with Crippen LogP contribution in [0.2, 0.25) is 0 Å². The normalized spacial score (nSPS) is 14.6. The number of nitrogens with one attached hydrogen (secondary N) is 1. The summed E-state index contributed by atoms with van der Waals surface area (Å²) in [6, 6.07) is 16.4. The van der Waals surface area contributed by atoms with E-state index in [0.29, 0.717) is 11.6 Å². The molecule has 1 aliphatic heterocycles. The molecule has 0 unspecified atom stereocenters. The Kier molecular flexibility index (Phi) is 3.03. The van der Waals surface area contributed by atoms with E-state index in [1.165, 1.54) is 5.69 Å². The molecule has 1 aromatic carbocycles. The molecular weight excluding hydrogens is 236 g/mol. The predicted molar refractivity (Wildman–Crippen MR) is 75.0 cm³/mol. The van der Waals surface area contributed by atoms with Crippen LogP contribution >= 0.6 is 0 Å². The molecule has 0 spiro atoms. The van der Waals surface area contributed by atoms with Crippen molar-refractivity contribution < 1.29 is 0 Å². The molecule has 0 saturated carbocycles. The second kappa shape index (κ2) is 4.99. The van der Waals surface area contributed by atoms with Crippen LogP contribution in [0.3, 0.4) is 0 Å². The summed E-state index contributed by atoms with van der Waals surface area (Å²) >= 11 is 0. The Morgan fingerprint density at radius 3 is 2.74 bits per heavy atom. The lowest BCUT2D eigenvalue weighted by atomic mass is 10.1. The molecule has 1 aromatic heterocycles. The molecule has 2 aromatic rings. The van der Waals surface area contributed by atoms with Gasteiger partial charge in [-0.1, -0.05) is 18.2 Å². The highest BCUT2D eigenvalue weighted by atomic mass is 15.3. The first-order chi connectivity index (χ1) is 9.35. The Balaban J connectivity index is 1.58. The lowest BCUT2D eigenvalue weighted by molar-refractivity contribution is 0.549. The first-order valence-electron chi connectivity index (χ1n) is 6.28. The smallest absolute Gasteiger partial charge is 0.127 e. The maximum absolute atomic E-state index is 8.84. The summed E-state index contributed by atoms with van der Waals surface area (Å²) in [5, 5.41) is 12.2. The highest BCUT2D eigenvalue weighted by Crippen LogP contribution is 2.22. The highest BCUT2D eigenvalue weighted by molar-refractivity contribution is 5.52. The van der Waals surface area contributed by atoms with Crippen molar-refractivity contribution in [1.82, 2.24) is 4.98 Å². The van der Waals surface area contributed by atoms with Crippen LogP contribution in [-0.4, -0.2) is 24.1 Å². The summed E-state index contributed by atoms with van der Waals surface area (Å²) in [5.74, 6) is 0.775. The van der Waals surface area contributed by atoms with Gasteiger partial charge in [0.15, 0.2) is 0 Å². The van der Waals surface area contributed by atoms with E-state index in [0.717, 1.165) is 18.9 Å². The zero-order chi connectivity index (χ0) is 13.1. The quantitative estimate of drug-likeness (QED) is 0.907. The highest BCUT2D eigenvalue weighted by Gasteiger charge is 2.26. The summed E-state index contributed by atoms with van der Waals surface area (Å²) in [4.78, 5) is 6.54. The molecule has 1 fully saturated rings. The van der Waals surface area contributed by atoms with Gasteiger partial charge in [0.25, 0.3) is 0 Å². The van der Waals surface area contributed by atoms with Crippen LogP contribution < -0.4 is 10.2 Å². The molecular formula is C15H14N4. The Bertz CT molecular complexity index is 597. The maximum Gasteiger partial charge on any atom is 0.127 e. The summed E-state index contributed by atoms with van der Waals surface area (Å²) in [7, 11) is 0. The Labute approximate surface area is 112 Å². The average Bonchev–Trinajstić information content (AvgIpc) is 2.43. The van der Waals surface area contributed by atoms with Crippen LogP contribution in [0.4, 0.5) is 11.5 Å². The van der Waals surface area contributed by atoms with E-state index in [9.17, 15) is 0 Å². The third-order valence-corrected chi connectivity index (χ3v) is 3.24. The van der Waals surface area contributed by atoms with Crippen LogP contribution in [0.25, 0.3) is 0 Å². The van der Waals surface area contributed by atoms with Crippen molar-refractivity contribution in [1.29, 1.82) is 5.26 Å². The molecule has 0 bridgehead atoms. The topological polar surface area (TPSA) is 52.0 Å². The number of para-hydroxylation sites is 1. The van der Waals surface area contributed by atoms with Gasteiger partial charge in [-0.3, -0.25) is 0 Å². The molecule has 4 nitrogen and oxygen atoms in total. The summed E-state index contributed by atoms with van der Waals surface area (Å²) < 4.78 is 0. The van der Waals surface area contributed by atoms with Crippen LogP contribution in [-0.2, 0) is 0 Å². The van der Waals surface area contributed by atoms with Gasteiger partial charge in [-0.15, -0.1) is 0 Å². The molecule has 1 N–H and O–H groups in total. The van der Waals surface area contributed by atoms with E-state index in [1.54, 1.807) is 18.3 Å². The van der Waals surface area contributed by atoms with Gasteiger partial charge in [0.2, 0.25) is 0 Å². The first kappa shape index (κ1) is 11.5. The lowest BCUT2D eigenvalue weighted by Crippen LogP contribution is -2.55. The molecule has 0 amide bonds. The minimum absolute atomic E-state index is 0.390. The number of aromatic nitrogens is 1. The molecule has 0 aliphatic carbocycles. The van der Waals surface area contributed by atoms with Crippen LogP contribution in [0.15, 0.2) is 48.7 Å². The summed E-state index contributed by atoms with van der Waals surface area (Å²) in [6.45, 7) is 1.92. The number of hydrogen-bond acceptors (Lipinski definition) is 4. The van der Waals surface area contributed by atoms with E-state index in [2.05, 4.69) is 33.4 Å². The van der Waals surface area contributed by atoms with Crippen LogP contribution in [0.5, 0.6) is 0 Å². The molecule has 19 heavy (non-hydrogen) atoms. The number of nitriles is 1. The van der Waals surface area contributed by atoms with Crippen molar-refractivity contribution in [3.05, 3.63) is 54.2 Å². The Morgan fingerprint density at radius 1 is 1.21 bits per heavy atom. The molecule has 3 rings (SSSR count). The van der Waals surface area contributed by atoms with Crippen molar-refractivity contribution in [2.24, 2.45) is 0 Å². The van der Waals surface area contributed by atoms with E-state index < -0.39 is 0 Å². The van der Waals surface area contributed by atoms with E-state index >= 15 is 0 Å². The lowest BCUT2D eigenvalue weighted by Gasteiger charge is -2.41. The number of rotatable bonds is 3. The van der Waals surface area contributed by atoms with Crippen molar-refractivity contribution in [2.75, 3.05) is 23.3 Å². The number of benzene rings is 1. The Hall–Kier alpha value is -2.54. The van der Waals surface area contributed by atoms with Crippen molar-refractivity contribution in [2.45, 2.75) is 6.04 Å². The monoisotopic (exact) mass is 250 g/mol. The van der Waals surface area contributed by atoms with Gasteiger partial charge in [0.1, 0.15) is 5.82 Å². The Morgan fingerprint density at radius 2 is 2.00 bits per heavy atom. The predicted octanol–water partition coefficient (Wildman–Crippen LogP) is 2.25. The van der Waals surface area contributed by atoms with Crippen LogP contribution in [0.1, 0.15) is 5.56 Å². The molecule has 2 heterocycles. The van der Waals surface area contributed by atoms with Gasteiger partial charge in [0, 0.05) is 25.0 Å². The first-order valence-corrected chi connectivity index (χ1v) is 6.28. The summed E-state index contributed by atoms with van der Waals surface area (Å²) in [5.41, 5.74) is 1.89. The zero-order valence-corrected chi connectivity index (χ0v) is 10.5. The van der Waals surface area contributed by atoms with Gasteiger partial charge >= 0.3 is 0 Å². The molecule has 0 atom stereocenters. The van der Waals surface area contributed by atoms with Gasteiger partial charge in [-0.25, -0.2) is 4.98 Å². The zero-order valence-electron chi connectivity index (χ0n) is 10.5. The number of nitrogens with zero attached hydrogens (tertiary/aromatic N) is 3. The van der Waals surface area contributed by atoms with Crippen molar-refractivity contribution in [3.8, 4) is 6.07 Å². The van der Waals surface area contributed by atoms with Gasteiger partial charge < -0.3 is 10.2 Å². The standard InChI is InChI=1S/C15H14N4/c16-9-12-6-7-17-15(8-12)18-13-10-19(11-13)14-4-2-1-3-5-14/h1-8,13H,10-11H2,(H,17,18). The summed E-state index contributed by atoms with van der Waals surface area (Å²) in [6.07, 6.45) is 1.66. The second-order valence-electron chi connectivity index (χ2n) is 4.62. The molecule has 1 aliphatic rings. The number of hydrogen-bond donors (Lipinski definition) is 1. The minimum atomic E-state index is 0.390. The van der Waals surface area contributed by atoms with E-state index in [-0.39, 0.29) is 0 Å². The second-order valence-corrected chi connectivity index (χ2v) is 4.62. The minimum Gasteiger partial charge on any atom is -0.367 e. The SMILES string of the molecule is N#Cc1ccnc(NC2CN(c3ccccc3)C2)c1.